The summed E-state index contributed by atoms with van der Waals surface area (Å²) < 4.78 is 12.3. The van der Waals surface area contributed by atoms with Crippen LogP contribution in [-0.2, 0) is 9.31 Å². The van der Waals surface area contributed by atoms with Crippen LogP contribution in [0.1, 0.15) is 44.4 Å². The Morgan fingerprint density at radius 2 is 1.22 bits per heavy atom. The highest BCUT2D eigenvalue weighted by Crippen LogP contribution is 2.36. The lowest BCUT2D eigenvalue weighted by Gasteiger charge is -2.32. The van der Waals surface area contributed by atoms with E-state index >= 15 is 0 Å². The van der Waals surface area contributed by atoms with Crippen molar-refractivity contribution in [2.75, 3.05) is 0 Å². The summed E-state index contributed by atoms with van der Waals surface area (Å²) >= 11 is 0. The first kappa shape index (κ1) is 13.6. The topological polar surface area (TPSA) is 18.5 Å². The highest BCUT2D eigenvalue weighted by Gasteiger charge is 2.52. The molecule has 0 aromatic heterocycles. The lowest BCUT2D eigenvalue weighted by Crippen LogP contribution is -2.41. The second-order valence-electron chi connectivity index (χ2n) is 6.40. The van der Waals surface area contributed by atoms with E-state index in [4.69, 9.17) is 9.31 Å². The minimum absolute atomic E-state index is 0.254. The SMILES string of the molecule is Cc1cc(C)c(B2OC(C)(C)C(C)(C)O2)c(C)c1. The standard InChI is InChI=1S/C15H23BO2/c1-10-8-11(2)13(12(3)9-10)16-17-14(4,5)15(6,7)18-16/h8-9H,1-7H3. The molecule has 1 fully saturated rings. The molecule has 0 aliphatic carbocycles. The molecule has 1 heterocycles. The van der Waals surface area contributed by atoms with Crippen molar-refractivity contribution in [2.45, 2.75) is 59.7 Å². The summed E-state index contributed by atoms with van der Waals surface area (Å²) in [4.78, 5) is 0. The van der Waals surface area contributed by atoms with Gasteiger partial charge in [-0.05, 0) is 53.9 Å². The average Bonchev–Trinajstić information content (AvgIpc) is 2.32. The van der Waals surface area contributed by atoms with Crippen molar-refractivity contribution < 1.29 is 9.31 Å². The summed E-state index contributed by atoms with van der Waals surface area (Å²) in [6.07, 6.45) is 0. The maximum atomic E-state index is 6.13. The molecular weight excluding hydrogens is 223 g/mol. The molecule has 3 heteroatoms. The zero-order chi connectivity index (χ0) is 13.7. The van der Waals surface area contributed by atoms with Gasteiger partial charge < -0.3 is 9.31 Å². The van der Waals surface area contributed by atoms with Gasteiger partial charge in [0.05, 0.1) is 11.2 Å². The van der Waals surface area contributed by atoms with E-state index in [9.17, 15) is 0 Å². The number of hydrogen-bond donors (Lipinski definition) is 0. The van der Waals surface area contributed by atoms with Gasteiger partial charge >= 0.3 is 7.12 Å². The fourth-order valence-corrected chi connectivity index (χ4v) is 2.52. The Morgan fingerprint density at radius 3 is 1.61 bits per heavy atom. The summed E-state index contributed by atoms with van der Waals surface area (Å²) in [6.45, 7) is 14.7. The van der Waals surface area contributed by atoms with Crippen LogP contribution in [0.5, 0.6) is 0 Å². The van der Waals surface area contributed by atoms with Crippen molar-refractivity contribution in [1.82, 2.24) is 0 Å². The fourth-order valence-electron chi connectivity index (χ4n) is 2.52. The normalized spacial score (nSPS) is 21.4. The molecule has 0 spiro atoms. The maximum absolute atomic E-state index is 6.13. The molecule has 1 saturated heterocycles. The van der Waals surface area contributed by atoms with Crippen LogP contribution in [0.25, 0.3) is 0 Å². The Balaban J connectivity index is 2.42. The zero-order valence-electron chi connectivity index (χ0n) is 12.5. The van der Waals surface area contributed by atoms with Gasteiger partial charge in [0.25, 0.3) is 0 Å². The number of rotatable bonds is 1. The van der Waals surface area contributed by atoms with Crippen LogP contribution >= 0.6 is 0 Å². The van der Waals surface area contributed by atoms with Crippen LogP contribution in [0.4, 0.5) is 0 Å². The van der Waals surface area contributed by atoms with E-state index in [-0.39, 0.29) is 18.3 Å². The van der Waals surface area contributed by atoms with E-state index < -0.39 is 0 Å². The van der Waals surface area contributed by atoms with E-state index in [1.807, 2.05) is 0 Å². The van der Waals surface area contributed by atoms with Gasteiger partial charge in [-0.25, -0.2) is 0 Å². The highest BCUT2D eigenvalue weighted by atomic mass is 16.7. The molecule has 1 aromatic carbocycles. The van der Waals surface area contributed by atoms with Crippen LogP contribution < -0.4 is 5.46 Å². The Hall–Kier alpha value is -0.795. The minimum Gasteiger partial charge on any atom is -0.399 e. The van der Waals surface area contributed by atoms with Crippen LogP contribution in [0.2, 0.25) is 0 Å². The van der Waals surface area contributed by atoms with Crippen LogP contribution in [0, 0.1) is 20.8 Å². The monoisotopic (exact) mass is 246 g/mol. The molecule has 18 heavy (non-hydrogen) atoms. The third-order valence-electron chi connectivity index (χ3n) is 4.23. The molecule has 2 nitrogen and oxygen atoms in total. The predicted octanol–water partition coefficient (Wildman–Crippen LogP) is 2.91. The second kappa shape index (κ2) is 4.11. The maximum Gasteiger partial charge on any atom is 0.495 e. The Bertz CT molecular complexity index is 438. The molecule has 0 radical (unpaired) electrons. The molecule has 0 atom stereocenters. The first-order chi connectivity index (χ1) is 8.14. The van der Waals surface area contributed by atoms with E-state index in [2.05, 4.69) is 60.6 Å². The molecule has 0 saturated carbocycles. The molecule has 1 aliphatic rings. The molecule has 0 N–H and O–H groups in total. The van der Waals surface area contributed by atoms with E-state index in [0.29, 0.717) is 0 Å². The summed E-state index contributed by atoms with van der Waals surface area (Å²) in [5.41, 5.74) is 4.39. The number of benzene rings is 1. The summed E-state index contributed by atoms with van der Waals surface area (Å²) in [5.74, 6) is 0. The zero-order valence-corrected chi connectivity index (χ0v) is 12.5. The Kier molecular flexibility index (Phi) is 3.11. The van der Waals surface area contributed by atoms with Crippen molar-refractivity contribution in [3.63, 3.8) is 0 Å². The quantitative estimate of drug-likeness (QED) is 0.709. The molecule has 1 aliphatic heterocycles. The Morgan fingerprint density at radius 1 is 0.833 bits per heavy atom. The molecule has 1 aromatic rings. The van der Waals surface area contributed by atoms with Crippen molar-refractivity contribution in [3.8, 4) is 0 Å². The van der Waals surface area contributed by atoms with Gasteiger partial charge in [-0.15, -0.1) is 0 Å². The smallest absolute Gasteiger partial charge is 0.399 e. The molecular formula is C15H23BO2. The van der Waals surface area contributed by atoms with Crippen LogP contribution in [0.3, 0.4) is 0 Å². The van der Waals surface area contributed by atoms with Crippen molar-refractivity contribution >= 4 is 12.6 Å². The molecule has 2 rings (SSSR count). The highest BCUT2D eigenvalue weighted by molar-refractivity contribution is 6.63. The number of aryl methyl sites for hydroxylation is 3. The lowest BCUT2D eigenvalue weighted by molar-refractivity contribution is 0.00578. The predicted molar refractivity (Wildman–Crippen MR) is 76.4 cm³/mol. The average molecular weight is 246 g/mol. The molecule has 0 bridgehead atoms. The van der Waals surface area contributed by atoms with Crippen molar-refractivity contribution in [3.05, 3.63) is 28.8 Å². The van der Waals surface area contributed by atoms with Crippen molar-refractivity contribution in [2.24, 2.45) is 0 Å². The summed E-state index contributed by atoms with van der Waals surface area (Å²) in [6, 6.07) is 4.38. The number of hydrogen-bond acceptors (Lipinski definition) is 2. The van der Waals surface area contributed by atoms with Gasteiger partial charge in [0.2, 0.25) is 0 Å². The van der Waals surface area contributed by atoms with Crippen LogP contribution in [-0.4, -0.2) is 18.3 Å². The van der Waals surface area contributed by atoms with Gasteiger partial charge in [0.1, 0.15) is 0 Å². The lowest BCUT2D eigenvalue weighted by atomic mass is 9.73. The molecule has 98 valence electrons. The van der Waals surface area contributed by atoms with Gasteiger partial charge in [-0.2, -0.15) is 0 Å². The first-order valence-corrected chi connectivity index (χ1v) is 6.57. The van der Waals surface area contributed by atoms with Gasteiger partial charge in [0.15, 0.2) is 0 Å². The van der Waals surface area contributed by atoms with E-state index in [1.54, 1.807) is 0 Å². The minimum atomic E-state index is -0.276. The third-order valence-corrected chi connectivity index (χ3v) is 4.23. The van der Waals surface area contributed by atoms with Crippen LogP contribution in [0.15, 0.2) is 12.1 Å². The summed E-state index contributed by atoms with van der Waals surface area (Å²) in [5, 5.41) is 0. The Labute approximate surface area is 111 Å². The summed E-state index contributed by atoms with van der Waals surface area (Å²) in [7, 11) is -0.254. The fraction of sp³-hybridized carbons (Fsp3) is 0.600. The van der Waals surface area contributed by atoms with E-state index in [0.717, 1.165) is 0 Å². The van der Waals surface area contributed by atoms with Gasteiger partial charge in [-0.3, -0.25) is 0 Å². The van der Waals surface area contributed by atoms with E-state index in [1.165, 1.54) is 22.2 Å². The van der Waals surface area contributed by atoms with Gasteiger partial charge in [-0.1, -0.05) is 28.8 Å². The third kappa shape index (κ3) is 2.10. The van der Waals surface area contributed by atoms with Gasteiger partial charge in [0, 0.05) is 0 Å². The largest absolute Gasteiger partial charge is 0.495 e. The molecule has 0 unspecified atom stereocenters. The second-order valence-corrected chi connectivity index (χ2v) is 6.40. The van der Waals surface area contributed by atoms with Crippen molar-refractivity contribution in [1.29, 1.82) is 0 Å². The first-order valence-electron chi connectivity index (χ1n) is 6.57. The molecule has 0 amide bonds.